The Morgan fingerprint density at radius 2 is 1.79 bits per heavy atom. The van der Waals surface area contributed by atoms with Crippen LogP contribution < -0.4 is 15.4 Å². The molecule has 0 spiro atoms. The lowest BCUT2D eigenvalue weighted by molar-refractivity contribution is -0.124. The number of fused-ring (bicyclic) bond motifs is 1. The molecular weight excluding hydrogens is 484 g/mol. The molecule has 2 aromatic rings. The van der Waals surface area contributed by atoms with E-state index in [1.807, 2.05) is 36.4 Å². The molecular formula is C28H34N6O4. The molecule has 0 radical (unpaired) electrons. The van der Waals surface area contributed by atoms with E-state index in [1.54, 1.807) is 18.1 Å². The zero-order valence-corrected chi connectivity index (χ0v) is 21.9. The summed E-state index contributed by atoms with van der Waals surface area (Å²) in [5.41, 5.74) is 2.05. The summed E-state index contributed by atoms with van der Waals surface area (Å²) in [7, 11) is 1.55. The zero-order chi connectivity index (χ0) is 26.9. The molecule has 5 rings (SSSR count). The number of amides is 4. The van der Waals surface area contributed by atoms with Crippen LogP contribution in [-0.2, 0) is 17.8 Å². The minimum atomic E-state index is -1.22. The number of nitrogens with one attached hydrogen (secondary N) is 3. The number of urea groups is 1. The van der Waals surface area contributed by atoms with Crippen molar-refractivity contribution in [2.75, 3.05) is 46.4 Å². The molecule has 3 heterocycles. The molecule has 3 N–H and O–H groups in total. The molecule has 1 atom stereocenters. The Bertz CT molecular complexity index is 1250. The summed E-state index contributed by atoms with van der Waals surface area (Å²) in [5.74, 6) is 0.513. The lowest BCUT2D eigenvalue weighted by Gasteiger charge is -2.35. The molecule has 0 unspecified atom stereocenters. The maximum atomic E-state index is 13.1. The first-order chi connectivity index (χ1) is 18.3. The Balaban J connectivity index is 1.25. The third-order valence-corrected chi connectivity index (χ3v) is 7.87. The highest BCUT2D eigenvalue weighted by atomic mass is 16.5. The van der Waals surface area contributed by atoms with Crippen molar-refractivity contribution in [3.8, 4) is 5.75 Å². The Labute approximate surface area is 222 Å². The normalized spacial score (nSPS) is 21.4. The van der Waals surface area contributed by atoms with E-state index in [0.717, 1.165) is 49.4 Å². The predicted octanol–water partition coefficient (Wildman–Crippen LogP) is 1.82. The van der Waals surface area contributed by atoms with Gasteiger partial charge >= 0.3 is 6.03 Å². The molecule has 10 nitrogen and oxygen atoms in total. The van der Waals surface area contributed by atoms with Crippen molar-refractivity contribution in [3.05, 3.63) is 64.7 Å². The summed E-state index contributed by atoms with van der Waals surface area (Å²) in [6, 6.07) is 12.7. The van der Waals surface area contributed by atoms with E-state index in [2.05, 4.69) is 27.4 Å². The zero-order valence-electron chi connectivity index (χ0n) is 21.9. The van der Waals surface area contributed by atoms with Gasteiger partial charge < -0.3 is 24.8 Å². The topological polar surface area (TPSA) is 118 Å². The number of nitrogens with zero attached hydrogens (tertiary/aromatic N) is 3. The quantitative estimate of drug-likeness (QED) is 0.279. The number of piperazine rings is 1. The SMILES string of the molecule is CCN1CCN(C(=N)c2ccc(CC[C@]3(CN4Cc5ccc(OC)cc5C4=O)NC(=O)NC3=O)cc2)CC1. The summed E-state index contributed by atoms with van der Waals surface area (Å²) in [5, 5.41) is 13.8. The van der Waals surface area contributed by atoms with Crippen LogP contribution in [0, 0.1) is 5.41 Å². The minimum Gasteiger partial charge on any atom is -0.497 e. The molecule has 0 aromatic heterocycles. The standard InChI is InChI=1S/C28H34N6O4/c1-3-32-12-14-33(15-13-32)24(29)20-6-4-19(5-7-20)10-11-28(26(36)30-27(37)31-28)18-34-17-21-8-9-22(38-2)16-23(21)25(34)35/h4-9,16,29H,3,10-15,17-18H2,1-2H3,(H2,30,31,36,37)/t28-/m1/s1. The first-order valence-corrected chi connectivity index (χ1v) is 13.1. The molecule has 38 heavy (non-hydrogen) atoms. The van der Waals surface area contributed by atoms with Gasteiger partial charge in [-0.3, -0.25) is 20.3 Å². The number of imide groups is 1. The van der Waals surface area contributed by atoms with Gasteiger partial charge in [0.05, 0.1) is 13.7 Å². The van der Waals surface area contributed by atoms with Crippen LogP contribution in [0.25, 0.3) is 0 Å². The van der Waals surface area contributed by atoms with Gasteiger partial charge in [-0.2, -0.15) is 0 Å². The van der Waals surface area contributed by atoms with E-state index >= 15 is 0 Å². The van der Waals surface area contributed by atoms with Crippen molar-refractivity contribution in [1.82, 2.24) is 25.3 Å². The maximum Gasteiger partial charge on any atom is 0.322 e. The lowest BCUT2D eigenvalue weighted by Crippen LogP contribution is -2.55. The van der Waals surface area contributed by atoms with Gasteiger partial charge in [0.1, 0.15) is 17.1 Å². The van der Waals surface area contributed by atoms with Gasteiger partial charge in [-0.05, 0) is 42.6 Å². The number of rotatable bonds is 8. The molecule has 2 saturated heterocycles. The number of carbonyl (C=O) groups is 3. The number of carbonyl (C=O) groups excluding carboxylic acids is 3. The van der Waals surface area contributed by atoms with E-state index in [4.69, 9.17) is 10.1 Å². The largest absolute Gasteiger partial charge is 0.497 e. The number of amidine groups is 1. The molecule has 0 bridgehead atoms. The molecule has 200 valence electrons. The Morgan fingerprint density at radius 3 is 2.42 bits per heavy atom. The van der Waals surface area contributed by atoms with Gasteiger partial charge in [0.2, 0.25) is 0 Å². The molecule has 2 fully saturated rings. The van der Waals surface area contributed by atoms with Crippen LogP contribution in [0.5, 0.6) is 5.75 Å². The molecule has 3 aliphatic heterocycles. The Morgan fingerprint density at radius 1 is 1.05 bits per heavy atom. The fourth-order valence-corrected chi connectivity index (χ4v) is 5.47. The van der Waals surface area contributed by atoms with Gasteiger partial charge in [-0.15, -0.1) is 0 Å². The lowest BCUT2D eigenvalue weighted by atomic mass is 9.90. The highest BCUT2D eigenvalue weighted by Crippen LogP contribution is 2.30. The summed E-state index contributed by atoms with van der Waals surface area (Å²) < 4.78 is 5.25. The third-order valence-electron chi connectivity index (χ3n) is 7.87. The van der Waals surface area contributed by atoms with E-state index in [-0.39, 0.29) is 12.5 Å². The molecule has 4 amide bonds. The number of methoxy groups -OCH3 is 1. The van der Waals surface area contributed by atoms with Crippen LogP contribution in [-0.4, -0.2) is 90.3 Å². The minimum absolute atomic E-state index is 0.0763. The molecule has 0 saturated carbocycles. The van der Waals surface area contributed by atoms with Crippen LogP contribution in [0.1, 0.15) is 40.4 Å². The van der Waals surface area contributed by atoms with Gasteiger partial charge in [0.15, 0.2) is 0 Å². The molecule has 3 aliphatic rings. The summed E-state index contributed by atoms with van der Waals surface area (Å²) >= 11 is 0. The second-order valence-corrected chi connectivity index (χ2v) is 10.1. The van der Waals surface area contributed by atoms with Crippen LogP contribution in [0.3, 0.4) is 0 Å². The average molecular weight is 519 g/mol. The molecule has 0 aliphatic carbocycles. The van der Waals surface area contributed by atoms with Gasteiger partial charge in [-0.25, -0.2) is 4.79 Å². The van der Waals surface area contributed by atoms with Crippen molar-refractivity contribution in [2.24, 2.45) is 0 Å². The van der Waals surface area contributed by atoms with Gasteiger partial charge in [0.25, 0.3) is 11.8 Å². The Hall–Kier alpha value is -3.92. The molecule has 2 aromatic carbocycles. The smallest absolute Gasteiger partial charge is 0.322 e. The van der Waals surface area contributed by atoms with Crippen LogP contribution >= 0.6 is 0 Å². The number of aryl methyl sites for hydroxylation is 1. The summed E-state index contributed by atoms with van der Waals surface area (Å²) in [6.07, 6.45) is 0.864. The van der Waals surface area contributed by atoms with Crippen molar-refractivity contribution >= 4 is 23.7 Å². The number of benzene rings is 2. The van der Waals surface area contributed by atoms with Crippen molar-refractivity contribution in [1.29, 1.82) is 5.41 Å². The van der Waals surface area contributed by atoms with Crippen molar-refractivity contribution < 1.29 is 19.1 Å². The van der Waals surface area contributed by atoms with Crippen molar-refractivity contribution in [2.45, 2.75) is 31.8 Å². The summed E-state index contributed by atoms with van der Waals surface area (Å²) in [6.45, 7) is 7.25. The monoisotopic (exact) mass is 518 g/mol. The van der Waals surface area contributed by atoms with Gasteiger partial charge in [-0.1, -0.05) is 37.3 Å². The first kappa shape index (κ1) is 25.7. The second kappa shape index (κ2) is 10.4. The van der Waals surface area contributed by atoms with E-state index in [0.29, 0.717) is 36.5 Å². The maximum absolute atomic E-state index is 13.1. The third kappa shape index (κ3) is 4.96. The highest BCUT2D eigenvalue weighted by Gasteiger charge is 2.48. The number of ether oxygens (including phenoxy) is 1. The first-order valence-electron chi connectivity index (χ1n) is 13.1. The number of likely N-dealkylation sites (N-methyl/N-ethyl adjacent to an activating group) is 1. The predicted molar refractivity (Wildman–Crippen MR) is 142 cm³/mol. The van der Waals surface area contributed by atoms with E-state index in [1.165, 1.54) is 0 Å². The average Bonchev–Trinajstić information content (AvgIpc) is 3.40. The van der Waals surface area contributed by atoms with E-state index in [9.17, 15) is 14.4 Å². The van der Waals surface area contributed by atoms with Crippen LogP contribution in [0.4, 0.5) is 4.79 Å². The highest BCUT2D eigenvalue weighted by molar-refractivity contribution is 6.08. The van der Waals surface area contributed by atoms with Crippen LogP contribution in [0.15, 0.2) is 42.5 Å². The van der Waals surface area contributed by atoms with Crippen molar-refractivity contribution in [3.63, 3.8) is 0 Å². The van der Waals surface area contributed by atoms with Crippen LogP contribution in [0.2, 0.25) is 0 Å². The van der Waals surface area contributed by atoms with Gasteiger partial charge in [0, 0.05) is 43.9 Å². The second-order valence-electron chi connectivity index (χ2n) is 10.1. The fraction of sp³-hybridized carbons (Fsp3) is 0.429. The molecule has 10 heteroatoms. The number of hydrogen-bond acceptors (Lipinski definition) is 6. The number of hydrogen-bond donors (Lipinski definition) is 3. The fourth-order valence-electron chi connectivity index (χ4n) is 5.47. The Kier molecular flexibility index (Phi) is 7.07. The summed E-state index contributed by atoms with van der Waals surface area (Å²) in [4.78, 5) is 44.3. The van der Waals surface area contributed by atoms with E-state index < -0.39 is 17.5 Å².